The standard InChI is InChI=1S/C21H16ClN5O3/c22-15-7-9-16(10-8-15)25-19(28)17-5-1-2-6-18(17)26-20(29)21(30)27-24-13-14-4-3-11-23-12-14/h1-13H,(H,25,28)(H,26,29)(H,27,30)/b24-13-. The molecule has 0 spiro atoms. The van der Waals surface area contributed by atoms with Gasteiger partial charge in [0.25, 0.3) is 5.91 Å². The highest BCUT2D eigenvalue weighted by molar-refractivity contribution is 6.40. The van der Waals surface area contributed by atoms with Crippen molar-refractivity contribution in [1.82, 2.24) is 10.4 Å². The van der Waals surface area contributed by atoms with Gasteiger partial charge < -0.3 is 10.6 Å². The van der Waals surface area contributed by atoms with Gasteiger partial charge in [0.1, 0.15) is 0 Å². The Hall–Kier alpha value is -4.04. The lowest BCUT2D eigenvalue weighted by molar-refractivity contribution is -0.136. The molecule has 0 aliphatic carbocycles. The van der Waals surface area contributed by atoms with Crippen LogP contribution in [0.5, 0.6) is 0 Å². The van der Waals surface area contributed by atoms with Crippen LogP contribution in [0.15, 0.2) is 78.2 Å². The summed E-state index contributed by atoms with van der Waals surface area (Å²) < 4.78 is 0. The van der Waals surface area contributed by atoms with Crippen molar-refractivity contribution in [3.63, 3.8) is 0 Å². The molecule has 3 N–H and O–H groups in total. The predicted octanol–water partition coefficient (Wildman–Crippen LogP) is 3.08. The predicted molar refractivity (Wildman–Crippen MR) is 114 cm³/mol. The smallest absolute Gasteiger partial charge is 0.322 e. The van der Waals surface area contributed by atoms with Crippen LogP contribution in [0.3, 0.4) is 0 Å². The molecule has 3 aromatic rings. The third-order valence-corrected chi connectivity index (χ3v) is 4.04. The van der Waals surface area contributed by atoms with Crippen LogP contribution in [0.2, 0.25) is 5.02 Å². The van der Waals surface area contributed by atoms with Crippen molar-refractivity contribution in [2.24, 2.45) is 5.10 Å². The number of hydrazone groups is 1. The first-order valence-corrected chi connectivity index (χ1v) is 9.11. The van der Waals surface area contributed by atoms with E-state index in [4.69, 9.17) is 11.6 Å². The summed E-state index contributed by atoms with van der Waals surface area (Å²) in [4.78, 5) is 40.6. The number of hydrogen-bond acceptors (Lipinski definition) is 5. The van der Waals surface area contributed by atoms with Gasteiger partial charge in [-0.25, -0.2) is 5.43 Å². The van der Waals surface area contributed by atoms with Gasteiger partial charge in [-0.05, 0) is 42.5 Å². The fraction of sp³-hybridized carbons (Fsp3) is 0. The topological polar surface area (TPSA) is 113 Å². The number of hydrogen-bond donors (Lipinski definition) is 3. The van der Waals surface area contributed by atoms with Crippen LogP contribution in [0.25, 0.3) is 0 Å². The van der Waals surface area contributed by atoms with Gasteiger partial charge in [0.2, 0.25) is 0 Å². The Balaban J connectivity index is 1.64. The molecule has 0 aliphatic rings. The Morgan fingerprint density at radius 3 is 2.40 bits per heavy atom. The number of anilines is 2. The summed E-state index contributed by atoms with van der Waals surface area (Å²) in [6.45, 7) is 0. The van der Waals surface area contributed by atoms with Crippen LogP contribution in [0.4, 0.5) is 11.4 Å². The fourth-order valence-corrected chi connectivity index (χ4v) is 2.50. The first-order chi connectivity index (χ1) is 14.5. The van der Waals surface area contributed by atoms with Gasteiger partial charge in [-0.2, -0.15) is 5.10 Å². The van der Waals surface area contributed by atoms with E-state index >= 15 is 0 Å². The van der Waals surface area contributed by atoms with E-state index in [1.54, 1.807) is 60.9 Å². The van der Waals surface area contributed by atoms with Gasteiger partial charge in [0, 0.05) is 28.7 Å². The molecule has 0 bridgehead atoms. The number of carbonyl (C=O) groups is 3. The molecule has 8 nitrogen and oxygen atoms in total. The summed E-state index contributed by atoms with van der Waals surface area (Å²) in [6.07, 6.45) is 4.50. The Morgan fingerprint density at radius 2 is 1.67 bits per heavy atom. The zero-order chi connectivity index (χ0) is 21.3. The quantitative estimate of drug-likeness (QED) is 0.334. The molecule has 2 aromatic carbocycles. The van der Waals surface area contributed by atoms with Crippen LogP contribution in [-0.4, -0.2) is 28.9 Å². The number of rotatable bonds is 5. The minimum absolute atomic E-state index is 0.181. The summed E-state index contributed by atoms with van der Waals surface area (Å²) >= 11 is 5.84. The highest BCUT2D eigenvalue weighted by Crippen LogP contribution is 2.19. The zero-order valence-corrected chi connectivity index (χ0v) is 16.3. The normalized spacial score (nSPS) is 10.4. The monoisotopic (exact) mass is 421 g/mol. The van der Waals surface area contributed by atoms with Crippen molar-refractivity contribution in [3.05, 3.63) is 89.2 Å². The average molecular weight is 422 g/mol. The lowest BCUT2D eigenvalue weighted by Gasteiger charge is -2.11. The minimum Gasteiger partial charge on any atom is -0.322 e. The largest absolute Gasteiger partial charge is 0.329 e. The van der Waals surface area contributed by atoms with E-state index in [1.807, 2.05) is 0 Å². The van der Waals surface area contributed by atoms with E-state index in [9.17, 15) is 14.4 Å². The van der Waals surface area contributed by atoms with Crippen molar-refractivity contribution in [1.29, 1.82) is 0 Å². The van der Waals surface area contributed by atoms with E-state index in [0.717, 1.165) is 0 Å². The van der Waals surface area contributed by atoms with Gasteiger partial charge in [-0.15, -0.1) is 0 Å². The number of para-hydroxylation sites is 1. The zero-order valence-electron chi connectivity index (χ0n) is 15.5. The second-order valence-corrected chi connectivity index (χ2v) is 6.38. The highest BCUT2D eigenvalue weighted by atomic mass is 35.5. The molecule has 3 rings (SSSR count). The van der Waals surface area contributed by atoms with Crippen molar-refractivity contribution in [2.45, 2.75) is 0 Å². The third kappa shape index (κ3) is 5.73. The Bertz CT molecular complexity index is 1090. The summed E-state index contributed by atoms with van der Waals surface area (Å²) in [5.41, 5.74) is 3.68. The van der Waals surface area contributed by atoms with Crippen LogP contribution in [0, 0.1) is 0 Å². The molecular formula is C21H16ClN5O3. The maximum Gasteiger partial charge on any atom is 0.329 e. The molecule has 9 heteroatoms. The van der Waals surface area contributed by atoms with E-state index in [1.165, 1.54) is 18.3 Å². The number of pyridine rings is 1. The van der Waals surface area contributed by atoms with Gasteiger partial charge in [0.05, 0.1) is 17.5 Å². The molecule has 0 aliphatic heterocycles. The van der Waals surface area contributed by atoms with Gasteiger partial charge in [0.15, 0.2) is 0 Å². The van der Waals surface area contributed by atoms with Crippen LogP contribution >= 0.6 is 11.6 Å². The second kappa shape index (κ2) is 9.94. The molecule has 0 unspecified atom stereocenters. The molecule has 1 aromatic heterocycles. The summed E-state index contributed by atoms with van der Waals surface area (Å²) in [5, 5.41) is 9.37. The Labute approximate surface area is 177 Å². The Kier molecular flexibility index (Phi) is 6.86. The third-order valence-electron chi connectivity index (χ3n) is 3.79. The summed E-state index contributed by atoms with van der Waals surface area (Å²) in [6, 6.07) is 16.3. The summed E-state index contributed by atoms with van der Waals surface area (Å²) in [5.74, 6) is -2.41. The summed E-state index contributed by atoms with van der Waals surface area (Å²) in [7, 11) is 0. The maximum atomic E-state index is 12.6. The number of halogens is 1. The van der Waals surface area contributed by atoms with Crippen LogP contribution in [-0.2, 0) is 9.59 Å². The molecule has 1 heterocycles. The molecule has 3 amide bonds. The fourth-order valence-electron chi connectivity index (χ4n) is 2.37. The number of amides is 3. The molecule has 0 fully saturated rings. The van der Waals surface area contributed by atoms with E-state index in [-0.39, 0.29) is 11.3 Å². The van der Waals surface area contributed by atoms with Crippen molar-refractivity contribution in [3.8, 4) is 0 Å². The number of nitrogens with one attached hydrogen (secondary N) is 3. The first kappa shape index (κ1) is 20.7. The molecule has 0 saturated carbocycles. The molecule has 0 atom stereocenters. The van der Waals surface area contributed by atoms with Crippen molar-refractivity contribution < 1.29 is 14.4 Å². The Morgan fingerprint density at radius 1 is 0.900 bits per heavy atom. The molecular weight excluding hydrogens is 406 g/mol. The maximum absolute atomic E-state index is 12.6. The van der Waals surface area contributed by atoms with Crippen LogP contribution in [0.1, 0.15) is 15.9 Å². The van der Waals surface area contributed by atoms with E-state index < -0.39 is 17.7 Å². The van der Waals surface area contributed by atoms with Gasteiger partial charge in [-0.1, -0.05) is 29.8 Å². The number of aromatic nitrogens is 1. The average Bonchev–Trinajstić information content (AvgIpc) is 2.76. The first-order valence-electron chi connectivity index (χ1n) is 8.73. The second-order valence-electron chi connectivity index (χ2n) is 5.95. The molecule has 30 heavy (non-hydrogen) atoms. The molecule has 0 saturated heterocycles. The van der Waals surface area contributed by atoms with Gasteiger partial charge in [-0.3, -0.25) is 19.4 Å². The van der Waals surface area contributed by atoms with E-state index in [2.05, 4.69) is 26.1 Å². The number of nitrogens with zero attached hydrogens (tertiary/aromatic N) is 2. The van der Waals surface area contributed by atoms with Crippen molar-refractivity contribution >= 4 is 46.9 Å². The SMILES string of the molecule is O=C(N/N=C\c1cccnc1)C(=O)Nc1ccccc1C(=O)Nc1ccc(Cl)cc1. The van der Waals surface area contributed by atoms with Crippen LogP contribution < -0.4 is 16.1 Å². The van der Waals surface area contributed by atoms with Crippen molar-refractivity contribution in [2.75, 3.05) is 10.6 Å². The molecule has 150 valence electrons. The molecule has 0 radical (unpaired) electrons. The number of benzene rings is 2. The highest BCUT2D eigenvalue weighted by Gasteiger charge is 2.17. The minimum atomic E-state index is -0.983. The lowest BCUT2D eigenvalue weighted by atomic mass is 10.1. The number of carbonyl (C=O) groups excluding carboxylic acids is 3. The van der Waals surface area contributed by atoms with E-state index in [0.29, 0.717) is 16.3 Å². The van der Waals surface area contributed by atoms with Gasteiger partial charge >= 0.3 is 11.8 Å². The lowest BCUT2D eigenvalue weighted by Crippen LogP contribution is -2.33.